The zero-order valence-electron chi connectivity index (χ0n) is 15.8. The number of hydrogen-bond donors (Lipinski definition) is 3. The number of carbonyl (C=O) groups is 2. The standard InChI is InChI=1S/C22H18N4O3S/c23-12-13-4-3-6-15(10-13)19-20-17(8-9-30-20)24-21(26-19)22(29)25-16-7-2-1-5-14(16)11-18(27)28/h1-10H,11-12,23H2,(H,25,29)(H,27,28). The van der Waals surface area contributed by atoms with E-state index in [1.165, 1.54) is 11.3 Å². The lowest BCUT2D eigenvalue weighted by Gasteiger charge is -2.10. The summed E-state index contributed by atoms with van der Waals surface area (Å²) in [6, 6.07) is 16.3. The van der Waals surface area contributed by atoms with Crippen molar-refractivity contribution in [1.29, 1.82) is 0 Å². The minimum Gasteiger partial charge on any atom is -0.481 e. The van der Waals surface area contributed by atoms with Gasteiger partial charge in [-0.2, -0.15) is 0 Å². The maximum atomic E-state index is 12.9. The van der Waals surface area contributed by atoms with Crippen LogP contribution in [0.4, 0.5) is 5.69 Å². The molecule has 0 fully saturated rings. The van der Waals surface area contributed by atoms with Crippen molar-refractivity contribution in [3.63, 3.8) is 0 Å². The predicted molar refractivity (Wildman–Crippen MR) is 116 cm³/mol. The Balaban J connectivity index is 1.73. The summed E-state index contributed by atoms with van der Waals surface area (Å²) in [4.78, 5) is 33.0. The molecule has 4 rings (SSSR count). The maximum absolute atomic E-state index is 12.9. The molecule has 0 aliphatic rings. The molecule has 0 spiro atoms. The highest BCUT2D eigenvalue weighted by Gasteiger charge is 2.18. The molecule has 2 aromatic carbocycles. The van der Waals surface area contributed by atoms with Gasteiger partial charge in [0.05, 0.1) is 22.3 Å². The topological polar surface area (TPSA) is 118 Å². The first-order chi connectivity index (χ1) is 14.5. The monoisotopic (exact) mass is 418 g/mol. The molecule has 2 heterocycles. The summed E-state index contributed by atoms with van der Waals surface area (Å²) >= 11 is 1.50. The van der Waals surface area contributed by atoms with E-state index in [-0.39, 0.29) is 12.2 Å². The van der Waals surface area contributed by atoms with Gasteiger partial charge in [0.1, 0.15) is 0 Å². The number of hydrogen-bond acceptors (Lipinski definition) is 6. The van der Waals surface area contributed by atoms with Gasteiger partial charge in [0.2, 0.25) is 5.82 Å². The van der Waals surface area contributed by atoms with Gasteiger partial charge in [-0.25, -0.2) is 9.97 Å². The van der Waals surface area contributed by atoms with Gasteiger partial charge in [0.15, 0.2) is 0 Å². The molecule has 0 aliphatic heterocycles. The third kappa shape index (κ3) is 4.05. The first-order valence-electron chi connectivity index (χ1n) is 9.21. The summed E-state index contributed by atoms with van der Waals surface area (Å²) in [5, 5.41) is 13.7. The largest absolute Gasteiger partial charge is 0.481 e. The summed E-state index contributed by atoms with van der Waals surface area (Å²) in [6.45, 7) is 0.403. The van der Waals surface area contributed by atoms with Crippen molar-refractivity contribution in [3.05, 3.63) is 76.9 Å². The van der Waals surface area contributed by atoms with Gasteiger partial charge < -0.3 is 16.2 Å². The molecule has 0 unspecified atom stereocenters. The van der Waals surface area contributed by atoms with Crippen molar-refractivity contribution in [1.82, 2.24) is 9.97 Å². The van der Waals surface area contributed by atoms with Crippen molar-refractivity contribution in [3.8, 4) is 11.3 Å². The van der Waals surface area contributed by atoms with Crippen LogP contribution < -0.4 is 11.1 Å². The van der Waals surface area contributed by atoms with Gasteiger partial charge in [-0.05, 0) is 34.7 Å². The first-order valence-corrected chi connectivity index (χ1v) is 10.1. The summed E-state index contributed by atoms with van der Waals surface area (Å²) in [5.41, 5.74) is 9.85. The summed E-state index contributed by atoms with van der Waals surface area (Å²) in [5.74, 6) is -1.47. The number of para-hydroxylation sites is 1. The van der Waals surface area contributed by atoms with Crippen LogP contribution in [0.25, 0.3) is 21.5 Å². The Hall–Kier alpha value is -3.62. The van der Waals surface area contributed by atoms with Crippen molar-refractivity contribution >= 4 is 39.1 Å². The lowest BCUT2D eigenvalue weighted by atomic mass is 10.1. The summed E-state index contributed by atoms with van der Waals surface area (Å²) in [7, 11) is 0. The van der Waals surface area contributed by atoms with Gasteiger partial charge >= 0.3 is 5.97 Å². The number of thiophene rings is 1. The van der Waals surface area contributed by atoms with Gasteiger partial charge in [-0.15, -0.1) is 11.3 Å². The van der Waals surface area contributed by atoms with Crippen LogP contribution in [-0.4, -0.2) is 27.0 Å². The molecule has 4 N–H and O–H groups in total. The molecule has 4 aromatic rings. The number of nitrogens with one attached hydrogen (secondary N) is 1. The van der Waals surface area contributed by atoms with E-state index in [2.05, 4.69) is 15.3 Å². The number of nitrogens with two attached hydrogens (primary N) is 1. The summed E-state index contributed by atoms with van der Waals surface area (Å²) in [6.07, 6.45) is -0.196. The van der Waals surface area contributed by atoms with Crippen LogP contribution >= 0.6 is 11.3 Å². The normalized spacial score (nSPS) is 10.8. The van der Waals surface area contributed by atoms with Crippen molar-refractivity contribution < 1.29 is 14.7 Å². The number of aliphatic carboxylic acids is 1. The Morgan fingerprint density at radius 2 is 1.90 bits per heavy atom. The van der Waals surface area contributed by atoms with E-state index in [0.29, 0.717) is 29.0 Å². The van der Waals surface area contributed by atoms with Gasteiger partial charge in [0, 0.05) is 17.8 Å². The Morgan fingerprint density at radius 3 is 2.70 bits per heavy atom. The average molecular weight is 418 g/mol. The number of amides is 1. The molecule has 7 nitrogen and oxygen atoms in total. The van der Waals surface area contributed by atoms with Crippen LogP contribution in [0.1, 0.15) is 21.7 Å². The van der Waals surface area contributed by atoms with Gasteiger partial charge in [-0.1, -0.05) is 36.4 Å². The molecule has 150 valence electrons. The van der Waals surface area contributed by atoms with E-state index < -0.39 is 11.9 Å². The molecule has 1 amide bonds. The lowest BCUT2D eigenvalue weighted by Crippen LogP contribution is -2.17. The number of aromatic nitrogens is 2. The van der Waals surface area contributed by atoms with Crippen LogP contribution in [0.5, 0.6) is 0 Å². The number of carbonyl (C=O) groups excluding carboxylic acids is 1. The number of nitrogens with zero attached hydrogens (tertiary/aromatic N) is 2. The molecule has 0 atom stereocenters. The van der Waals surface area contributed by atoms with Crippen LogP contribution in [-0.2, 0) is 17.8 Å². The Kier molecular flexibility index (Phi) is 5.51. The minimum atomic E-state index is -0.977. The van der Waals surface area contributed by atoms with Crippen LogP contribution in [0.2, 0.25) is 0 Å². The quantitative estimate of drug-likeness (QED) is 0.439. The number of fused-ring (bicyclic) bond motifs is 1. The first kappa shape index (κ1) is 19.7. The predicted octanol–water partition coefficient (Wildman–Crippen LogP) is 3.70. The Bertz CT molecular complexity index is 1250. The fourth-order valence-electron chi connectivity index (χ4n) is 3.14. The molecule has 0 saturated carbocycles. The number of benzene rings is 2. The molecular formula is C22H18N4O3S. The van der Waals surface area contributed by atoms with E-state index in [1.54, 1.807) is 24.3 Å². The average Bonchev–Trinajstić information content (AvgIpc) is 3.23. The van der Waals surface area contributed by atoms with Crippen molar-refractivity contribution in [2.45, 2.75) is 13.0 Å². The van der Waals surface area contributed by atoms with Crippen LogP contribution in [0.15, 0.2) is 60.0 Å². The molecule has 0 bridgehead atoms. The third-order valence-electron chi connectivity index (χ3n) is 4.55. The SMILES string of the molecule is NCc1cccc(-c2nc(C(=O)Nc3ccccc3CC(=O)O)nc3ccsc23)c1. The van der Waals surface area contributed by atoms with E-state index >= 15 is 0 Å². The van der Waals surface area contributed by atoms with E-state index in [9.17, 15) is 9.59 Å². The van der Waals surface area contributed by atoms with Crippen LogP contribution in [0.3, 0.4) is 0 Å². The minimum absolute atomic E-state index is 0.0131. The number of rotatable bonds is 6. The second kappa shape index (κ2) is 8.40. The highest BCUT2D eigenvalue weighted by molar-refractivity contribution is 7.17. The highest BCUT2D eigenvalue weighted by Crippen LogP contribution is 2.31. The third-order valence-corrected chi connectivity index (χ3v) is 5.46. The highest BCUT2D eigenvalue weighted by atomic mass is 32.1. The molecule has 2 aromatic heterocycles. The van der Waals surface area contributed by atoms with Crippen molar-refractivity contribution in [2.75, 3.05) is 5.32 Å². The van der Waals surface area contributed by atoms with Gasteiger partial charge in [-0.3, -0.25) is 9.59 Å². The van der Waals surface area contributed by atoms with Crippen LogP contribution in [0, 0.1) is 0 Å². The van der Waals surface area contributed by atoms with E-state index in [0.717, 1.165) is 15.8 Å². The second-order valence-corrected chi connectivity index (χ2v) is 7.53. The lowest BCUT2D eigenvalue weighted by molar-refractivity contribution is -0.136. The second-order valence-electron chi connectivity index (χ2n) is 6.62. The fraction of sp³-hybridized carbons (Fsp3) is 0.0909. The van der Waals surface area contributed by atoms with Gasteiger partial charge in [0.25, 0.3) is 5.91 Å². The molecule has 0 radical (unpaired) electrons. The Morgan fingerprint density at radius 1 is 1.07 bits per heavy atom. The molecule has 30 heavy (non-hydrogen) atoms. The number of carboxylic acid groups (broad SMARTS) is 1. The van der Waals surface area contributed by atoms with E-state index in [1.807, 2.05) is 35.7 Å². The fourth-order valence-corrected chi connectivity index (χ4v) is 3.99. The van der Waals surface area contributed by atoms with Crippen molar-refractivity contribution in [2.24, 2.45) is 5.73 Å². The maximum Gasteiger partial charge on any atom is 0.307 e. The molecule has 8 heteroatoms. The van der Waals surface area contributed by atoms with E-state index in [4.69, 9.17) is 10.8 Å². The summed E-state index contributed by atoms with van der Waals surface area (Å²) < 4.78 is 0.881. The Labute approximate surface area is 176 Å². The zero-order chi connectivity index (χ0) is 21.1. The molecular weight excluding hydrogens is 400 g/mol. The molecule has 0 saturated heterocycles. The number of anilines is 1. The zero-order valence-corrected chi connectivity index (χ0v) is 16.6. The number of carboxylic acids is 1. The molecule has 0 aliphatic carbocycles. The smallest absolute Gasteiger partial charge is 0.307 e.